The summed E-state index contributed by atoms with van der Waals surface area (Å²) in [5.41, 5.74) is 0.748. The first-order chi connectivity index (χ1) is 11.6. The van der Waals surface area contributed by atoms with Crippen molar-refractivity contribution < 1.29 is 14.0 Å². The Labute approximate surface area is 140 Å². The number of halogens is 1. The summed E-state index contributed by atoms with van der Waals surface area (Å²) in [5, 5.41) is 14.3. The first kappa shape index (κ1) is 17.0. The maximum Gasteiger partial charge on any atom is 0.226 e. The van der Waals surface area contributed by atoms with Crippen LogP contribution >= 0.6 is 0 Å². The molecule has 0 saturated carbocycles. The summed E-state index contributed by atoms with van der Waals surface area (Å²) in [7, 11) is 0. The molecule has 2 heterocycles. The molecule has 0 bridgehead atoms. The molecule has 1 N–H and O–H groups in total. The number of aromatic nitrogens is 2. The van der Waals surface area contributed by atoms with Crippen LogP contribution in [0.15, 0.2) is 28.8 Å². The van der Waals surface area contributed by atoms with Crippen LogP contribution in [0.25, 0.3) is 0 Å². The lowest BCUT2D eigenvalue weighted by atomic mass is 10.1. The van der Waals surface area contributed by atoms with Gasteiger partial charge in [-0.15, -0.1) is 0 Å². The Kier molecular flexibility index (Phi) is 5.55. The van der Waals surface area contributed by atoms with Gasteiger partial charge in [0.25, 0.3) is 0 Å². The lowest BCUT2D eigenvalue weighted by Crippen LogP contribution is -2.47. The molecule has 0 amide bonds. The van der Waals surface area contributed by atoms with Crippen LogP contribution in [0.5, 0.6) is 0 Å². The van der Waals surface area contributed by atoms with Gasteiger partial charge in [0.1, 0.15) is 5.82 Å². The minimum Gasteiger partial charge on any atom is -0.387 e. The van der Waals surface area contributed by atoms with Crippen LogP contribution in [0.2, 0.25) is 0 Å². The van der Waals surface area contributed by atoms with Crippen molar-refractivity contribution in [3.8, 4) is 0 Å². The van der Waals surface area contributed by atoms with E-state index < -0.39 is 6.10 Å². The normalized spacial score (nSPS) is 18.0. The number of aryl methyl sites for hydroxylation is 1. The van der Waals surface area contributed by atoms with Crippen molar-refractivity contribution in [2.24, 2.45) is 0 Å². The summed E-state index contributed by atoms with van der Waals surface area (Å²) < 4.78 is 18.1. The number of β-amino-alcohol motifs (C(OH)–C–C–N with tert-alkyl or cyclic N) is 1. The molecule has 1 aliphatic rings. The van der Waals surface area contributed by atoms with E-state index >= 15 is 0 Å². The zero-order valence-corrected chi connectivity index (χ0v) is 13.9. The third-order valence-electron chi connectivity index (χ3n) is 4.33. The van der Waals surface area contributed by atoms with Crippen LogP contribution in [0, 0.1) is 5.82 Å². The fourth-order valence-electron chi connectivity index (χ4n) is 2.86. The van der Waals surface area contributed by atoms with E-state index in [0.717, 1.165) is 44.0 Å². The predicted octanol–water partition coefficient (Wildman–Crippen LogP) is 1.62. The summed E-state index contributed by atoms with van der Waals surface area (Å²) in [6.07, 6.45) is 0.156. The zero-order chi connectivity index (χ0) is 16.9. The zero-order valence-electron chi connectivity index (χ0n) is 13.9. The minimum absolute atomic E-state index is 0.285. The maximum atomic E-state index is 12.9. The monoisotopic (exact) mass is 334 g/mol. The van der Waals surface area contributed by atoms with Crippen molar-refractivity contribution in [2.75, 3.05) is 32.7 Å². The van der Waals surface area contributed by atoms with Crippen LogP contribution in [0.4, 0.5) is 4.39 Å². The predicted molar refractivity (Wildman–Crippen MR) is 86.8 cm³/mol. The number of nitrogens with zero attached hydrogens (tertiary/aromatic N) is 4. The van der Waals surface area contributed by atoms with Gasteiger partial charge in [0.15, 0.2) is 5.82 Å². The molecule has 6 nitrogen and oxygen atoms in total. The Hall–Kier alpha value is -1.83. The second-order valence-corrected chi connectivity index (χ2v) is 6.10. The van der Waals surface area contributed by atoms with Crippen molar-refractivity contribution in [2.45, 2.75) is 26.0 Å². The van der Waals surface area contributed by atoms with E-state index in [2.05, 4.69) is 19.9 Å². The molecule has 1 saturated heterocycles. The third kappa shape index (κ3) is 4.37. The van der Waals surface area contributed by atoms with Gasteiger partial charge in [0, 0.05) is 39.1 Å². The van der Waals surface area contributed by atoms with Gasteiger partial charge in [0.2, 0.25) is 5.89 Å². The topological polar surface area (TPSA) is 65.6 Å². The minimum atomic E-state index is -0.596. The number of aliphatic hydroxyl groups is 1. The first-order valence-corrected chi connectivity index (χ1v) is 8.33. The standard InChI is InChI=1S/C17H23FN4O2/c1-2-17-19-16(20-24-17)12-22-9-7-21(8-10-22)11-15(23)13-3-5-14(18)6-4-13/h3-6,15,23H,2,7-12H2,1H3. The van der Waals surface area contributed by atoms with Crippen molar-refractivity contribution in [3.63, 3.8) is 0 Å². The smallest absolute Gasteiger partial charge is 0.226 e. The van der Waals surface area contributed by atoms with Gasteiger partial charge in [-0.3, -0.25) is 9.80 Å². The van der Waals surface area contributed by atoms with Crippen LogP contribution in [0.1, 0.15) is 30.3 Å². The van der Waals surface area contributed by atoms with Crippen LogP contribution in [0.3, 0.4) is 0 Å². The fourth-order valence-corrected chi connectivity index (χ4v) is 2.86. The van der Waals surface area contributed by atoms with Crippen LogP contribution in [-0.4, -0.2) is 57.8 Å². The third-order valence-corrected chi connectivity index (χ3v) is 4.33. The Morgan fingerprint density at radius 3 is 2.46 bits per heavy atom. The van der Waals surface area contributed by atoms with Crippen LogP contribution < -0.4 is 0 Å². The lowest BCUT2D eigenvalue weighted by molar-refractivity contribution is 0.0689. The molecule has 0 aliphatic carbocycles. The van der Waals surface area contributed by atoms with E-state index in [0.29, 0.717) is 19.0 Å². The van der Waals surface area contributed by atoms with Crippen molar-refractivity contribution >= 4 is 0 Å². The quantitative estimate of drug-likeness (QED) is 0.866. The highest BCUT2D eigenvalue weighted by molar-refractivity contribution is 5.18. The fraction of sp³-hybridized carbons (Fsp3) is 0.529. The molecule has 1 aromatic heterocycles. The van der Waals surface area contributed by atoms with Crippen LogP contribution in [-0.2, 0) is 13.0 Å². The Bertz CT molecular complexity index is 638. The van der Waals surface area contributed by atoms with Gasteiger partial charge in [0.05, 0.1) is 12.6 Å². The van der Waals surface area contributed by atoms with Crippen molar-refractivity contribution in [1.82, 2.24) is 19.9 Å². The van der Waals surface area contributed by atoms with E-state index in [4.69, 9.17) is 4.52 Å². The van der Waals surface area contributed by atoms with Crippen molar-refractivity contribution in [3.05, 3.63) is 47.4 Å². The molecule has 0 radical (unpaired) electrons. The van der Waals surface area contributed by atoms with E-state index in [9.17, 15) is 9.50 Å². The number of piperazine rings is 1. The molecule has 0 spiro atoms. The highest BCUT2D eigenvalue weighted by Crippen LogP contribution is 2.16. The lowest BCUT2D eigenvalue weighted by Gasteiger charge is -2.35. The van der Waals surface area contributed by atoms with E-state index in [1.807, 2.05) is 6.92 Å². The number of hydrogen-bond acceptors (Lipinski definition) is 6. The summed E-state index contributed by atoms with van der Waals surface area (Å²) in [6.45, 7) is 6.77. The van der Waals surface area contributed by atoms with Gasteiger partial charge < -0.3 is 9.63 Å². The van der Waals surface area contributed by atoms with E-state index in [1.54, 1.807) is 12.1 Å². The molecular weight excluding hydrogens is 311 g/mol. The van der Waals surface area contributed by atoms with Gasteiger partial charge in [-0.25, -0.2) is 4.39 Å². The molecule has 7 heteroatoms. The highest BCUT2D eigenvalue weighted by atomic mass is 19.1. The number of aliphatic hydroxyl groups excluding tert-OH is 1. The largest absolute Gasteiger partial charge is 0.387 e. The van der Waals surface area contributed by atoms with E-state index in [-0.39, 0.29) is 5.82 Å². The summed E-state index contributed by atoms with van der Waals surface area (Å²) >= 11 is 0. The van der Waals surface area contributed by atoms with E-state index in [1.165, 1.54) is 12.1 Å². The molecule has 1 aliphatic heterocycles. The Morgan fingerprint density at radius 2 is 1.83 bits per heavy atom. The second kappa shape index (κ2) is 7.83. The van der Waals surface area contributed by atoms with Gasteiger partial charge >= 0.3 is 0 Å². The molecule has 1 aromatic carbocycles. The summed E-state index contributed by atoms with van der Waals surface area (Å²) in [6, 6.07) is 6.04. The number of hydrogen-bond donors (Lipinski definition) is 1. The molecule has 24 heavy (non-hydrogen) atoms. The van der Waals surface area contributed by atoms with Gasteiger partial charge in [-0.1, -0.05) is 24.2 Å². The highest BCUT2D eigenvalue weighted by Gasteiger charge is 2.21. The van der Waals surface area contributed by atoms with Crippen molar-refractivity contribution in [1.29, 1.82) is 0 Å². The molecular formula is C17H23FN4O2. The average Bonchev–Trinajstić information content (AvgIpc) is 3.05. The van der Waals surface area contributed by atoms with Gasteiger partial charge in [-0.2, -0.15) is 4.98 Å². The van der Waals surface area contributed by atoms with Gasteiger partial charge in [-0.05, 0) is 17.7 Å². The molecule has 1 atom stereocenters. The molecule has 3 rings (SSSR count). The number of benzene rings is 1. The molecule has 2 aromatic rings. The maximum absolute atomic E-state index is 12.9. The Balaban J connectivity index is 1.45. The summed E-state index contributed by atoms with van der Waals surface area (Å²) in [4.78, 5) is 8.84. The SMILES string of the molecule is CCc1nc(CN2CCN(CC(O)c3ccc(F)cc3)CC2)no1. The molecule has 1 unspecified atom stereocenters. The number of rotatable bonds is 6. The Morgan fingerprint density at radius 1 is 1.17 bits per heavy atom. The second-order valence-electron chi connectivity index (χ2n) is 6.10. The molecule has 1 fully saturated rings. The first-order valence-electron chi connectivity index (χ1n) is 8.33. The molecule has 130 valence electrons. The average molecular weight is 334 g/mol. The summed E-state index contributed by atoms with van der Waals surface area (Å²) in [5.74, 6) is 1.12.